The lowest BCUT2D eigenvalue weighted by molar-refractivity contribution is -0.118. The first-order valence-corrected chi connectivity index (χ1v) is 9.31. The van der Waals surface area contributed by atoms with Gasteiger partial charge in [0, 0.05) is 19.8 Å². The molecule has 1 N–H and O–H groups in total. The van der Waals surface area contributed by atoms with Crippen LogP contribution in [0.4, 0.5) is 5.69 Å². The molecule has 0 saturated carbocycles. The maximum Gasteiger partial charge on any atom is 0.262 e. The molecular formula is C18H22N2O4S. The van der Waals surface area contributed by atoms with Crippen LogP contribution in [0.15, 0.2) is 53.4 Å². The number of carbonyl (C=O) groups excluding carboxylic acids is 1. The highest BCUT2D eigenvalue weighted by Crippen LogP contribution is 2.17. The zero-order valence-corrected chi connectivity index (χ0v) is 15.3. The number of rotatable bonds is 7. The number of benzene rings is 2. The molecular weight excluding hydrogens is 340 g/mol. The van der Waals surface area contributed by atoms with Crippen LogP contribution in [0.3, 0.4) is 0 Å². The molecule has 0 atom stereocenters. The Balaban J connectivity index is 1.92. The number of amides is 1. The number of aryl methyl sites for hydroxylation is 1. The first-order chi connectivity index (χ1) is 11.8. The summed E-state index contributed by atoms with van der Waals surface area (Å²) in [6, 6.07) is 13.6. The predicted molar refractivity (Wildman–Crippen MR) is 97.3 cm³/mol. The minimum atomic E-state index is -3.48. The van der Waals surface area contributed by atoms with E-state index in [1.165, 1.54) is 31.8 Å². The minimum Gasteiger partial charge on any atom is -0.484 e. The van der Waals surface area contributed by atoms with E-state index in [0.29, 0.717) is 11.4 Å². The lowest BCUT2D eigenvalue weighted by atomic mass is 10.2. The summed E-state index contributed by atoms with van der Waals surface area (Å²) < 4.78 is 30.5. The molecule has 0 aliphatic heterocycles. The van der Waals surface area contributed by atoms with E-state index in [-0.39, 0.29) is 17.4 Å². The molecule has 0 aromatic heterocycles. The van der Waals surface area contributed by atoms with Gasteiger partial charge in [-0.3, -0.25) is 4.79 Å². The van der Waals surface area contributed by atoms with Crippen molar-refractivity contribution in [3.8, 4) is 5.75 Å². The Morgan fingerprint density at radius 3 is 2.16 bits per heavy atom. The van der Waals surface area contributed by atoms with E-state index in [2.05, 4.69) is 12.2 Å². The molecule has 0 unspecified atom stereocenters. The average molecular weight is 362 g/mol. The number of nitrogens with zero attached hydrogens (tertiary/aromatic N) is 1. The highest BCUT2D eigenvalue weighted by atomic mass is 32.2. The monoisotopic (exact) mass is 362 g/mol. The highest BCUT2D eigenvalue weighted by molar-refractivity contribution is 7.89. The van der Waals surface area contributed by atoms with Crippen LogP contribution in [0.2, 0.25) is 0 Å². The molecule has 0 aliphatic rings. The zero-order chi connectivity index (χ0) is 18.4. The third-order valence-corrected chi connectivity index (χ3v) is 5.45. The van der Waals surface area contributed by atoms with E-state index in [0.717, 1.165) is 10.7 Å². The smallest absolute Gasteiger partial charge is 0.262 e. The fourth-order valence-corrected chi connectivity index (χ4v) is 2.99. The molecule has 0 fully saturated rings. The number of hydrogen-bond donors (Lipinski definition) is 1. The van der Waals surface area contributed by atoms with Crippen LogP contribution in [0, 0.1) is 0 Å². The summed E-state index contributed by atoms with van der Waals surface area (Å²) in [6.45, 7) is 1.95. The van der Waals surface area contributed by atoms with E-state index < -0.39 is 10.0 Å². The molecule has 2 aromatic rings. The summed E-state index contributed by atoms with van der Waals surface area (Å²) in [5, 5.41) is 2.67. The molecule has 1 amide bonds. The van der Waals surface area contributed by atoms with Crippen LogP contribution in [-0.4, -0.2) is 39.3 Å². The summed E-state index contributed by atoms with van der Waals surface area (Å²) in [6.07, 6.45) is 0.945. The average Bonchev–Trinajstić information content (AvgIpc) is 2.60. The van der Waals surface area contributed by atoms with E-state index in [1.54, 1.807) is 12.1 Å². The molecule has 2 rings (SSSR count). The van der Waals surface area contributed by atoms with Gasteiger partial charge in [-0.15, -0.1) is 0 Å². The van der Waals surface area contributed by atoms with Crippen molar-refractivity contribution in [1.82, 2.24) is 4.31 Å². The van der Waals surface area contributed by atoms with Gasteiger partial charge in [-0.2, -0.15) is 0 Å². The lowest BCUT2D eigenvalue weighted by Gasteiger charge is -2.12. The Kier molecular flexibility index (Phi) is 6.17. The normalized spacial score (nSPS) is 11.4. The number of ether oxygens (including phenoxy) is 1. The van der Waals surface area contributed by atoms with E-state index >= 15 is 0 Å². The summed E-state index contributed by atoms with van der Waals surface area (Å²) in [5.41, 5.74) is 1.71. The summed E-state index contributed by atoms with van der Waals surface area (Å²) in [5.74, 6) is 0.308. The third-order valence-electron chi connectivity index (χ3n) is 3.62. The van der Waals surface area contributed by atoms with Crippen LogP contribution in [0.25, 0.3) is 0 Å². The topological polar surface area (TPSA) is 75.7 Å². The molecule has 25 heavy (non-hydrogen) atoms. The van der Waals surface area contributed by atoms with Crippen molar-refractivity contribution in [3.63, 3.8) is 0 Å². The summed E-state index contributed by atoms with van der Waals surface area (Å²) in [7, 11) is -0.543. The van der Waals surface area contributed by atoms with Crippen molar-refractivity contribution < 1.29 is 17.9 Å². The first kappa shape index (κ1) is 19.0. The first-order valence-electron chi connectivity index (χ1n) is 7.87. The molecule has 7 heteroatoms. The molecule has 0 spiro atoms. The van der Waals surface area contributed by atoms with Gasteiger partial charge in [-0.25, -0.2) is 12.7 Å². The SMILES string of the molecule is CCc1ccc(OCC(=O)Nc2ccc(S(=O)(=O)N(C)C)cc2)cc1. The van der Waals surface area contributed by atoms with Crippen molar-refractivity contribution in [2.75, 3.05) is 26.0 Å². The fourth-order valence-electron chi connectivity index (χ4n) is 2.09. The molecule has 2 aromatic carbocycles. The Bertz CT molecular complexity index is 813. The van der Waals surface area contributed by atoms with Crippen molar-refractivity contribution >= 4 is 21.6 Å². The molecule has 0 heterocycles. The second kappa shape index (κ2) is 8.13. The molecule has 0 bridgehead atoms. The van der Waals surface area contributed by atoms with Crippen LogP contribution >= 0.6 is 0 Å². The largest absolute Gasteiger partial charge is 0.484 e. The molecule has 6 nitrogen and oxygen atoms in total. The van der Waals surface area contributed by atoms with Gasteiger partial charge in [-0.05, 0) is 48.4 Å². The van der Waals surface area contributed by atoms with Crippen molar-refractivity contribution in [2.45, 2.75) is 18.2 Å². The molecule has 0 radical (unpaired) electrons. The number of anilines is 1. The standard InChI is InChI=1S/C18H22N2O4S/c1-4-14-5-9-16(10-6-14)24-13-18(21)19-15-7-11-17(12-8-15)25(22,23)20(2)3/h5-12H,4,13H2,1-3H3,(H,19,21). The maximum atomic E-state index is 12.0. The maximum absolute atomic E-state index is 12.0. The number of hydrogen-bond acceptors (Lipinski definition) is 4. The van der Waals surface area contributed by atoms with E-state index in [4.69, 9.17) is 4.74 Å². The quantitative estimate of drug-likeness (QED) is 0.821. The summed E-state index contributed by atoms with van der Waals surface area (Å²) in [4.78, 5) is 12.1. The van der Waals surface area contributed by atoms with Gasteiger partial charge in [0.05, 0.1) is 4.90 Å². The van der Waals surface area contributed by atoms with Crippen molar-refractivity contribution in [3.05, 3.63) is 54.1 Å². The van der Waals surface area contributed by atoms with Gasteiger partial charge >= 0.3 is 0 Å². The lowest BCUT2D eigenvalue weighted by Crippen LogP contribution is -2.22. The van der Waals surface area contributed by atoms with Crippen LogP contribution in [-0.2, 0) is 21.2 Å². The second-order valence-corrected chi connectivity index (χ2v) is 7.80. The second-order valence-electron chi connectivity index (χ2n) is 5.65. The highest BCUT2D eigenvalue weighted by Gasteiger charge is 2.16. The van der Waals surface area contributed by atoms with Crippen molar-refractivity contribution in [2.24, 2.45) is 0 Å². The zero-order valence-electron chi connectivity index (χ0n) is 14.5. The predicted octanol–water partition coefficient (Wildman–Crippen LogP) is 2.52. The molecule has 0 aliphatic carbocycles. The molecule has 134 valence electrons. The van der Waals surface area contributed by atoms with E-state index in [1.807, 2.05) is 24.3 Å². The number of sulfonamides is 1. The fraction of sp³-hybridized carbons (Fsp3) is 0.278. The Labute approximate surface area is 148 Å². The van der Waals surface area contributed by atoms with Gasteiger partial charge < -0.3 is 10.1 Å². The van der Waals surface area contributed by atoms with Crippen molar-refractivity contribution in [1.29, 1.82) is 0 Å². The van der Waals surface area contributed by atoms with Gasteiger partial charge in [0.15, 0.2) is 6.61 Å². The van der Waals surface area contributed by atoms with Gasteiger partial charge in [-0.1, -0.05) is 19.1 Å². The van der Waals surface area contributed by atoms with Gasteiger partial charge in [0.1, 0.15) is 5.75 Å². The number of carbonyl (C=O) groups is 1. The number of nitrogens with one attached hydrogen (secondary N) is 1. The van der Waals surface area contributed by atoms with Crippen LogP contribution < -0.4 is 10.1 Å². The van der Waals surface area contributed by atoms with Gasteiger partial charge in [0.2, 0.25) is 10.0 Å². The van der Waals surface area contributed by atoms with E-state index in [9.17, 15) is 13.2 Å². The van der Waals surface area contributed by atoms with Crippen LogP contribution in [0.5, 0.6) is 5.75 Å². The Morgan fingerprint density at radius 1 is 1.04 bits per heavy atom. The third kappa shape index (κ3) is 5.04. The molecule has 0 saturated heterocycles. The Morgan fingerprint density at radius 2 is 1.64 bits per heavy atom. The minimum absolute atomic E-state index is 0.122. The van der Waals surface area contributed by atoms with Gasteiger partial charge in [0.25, 0.3) is 5.91 Å². The summed E-state index contributed by atoms with van der Waals surface area (Å²) >= 11 is 0. The Hall–Kier alpha value is -2.38. The van der Waals surface area contributed by atoms with Crippen LogP contribution in [0.1, 0.15) is 12.5 Å².